The third kappa shape index (κ3) is 2.53. The number of nitro benzene ring substituents is 1. The molecule has 0 saturated heterocycles. The highest BCUT2D eigenvalue weighted by Crippen LogP contribution is 2.29. The number of nitro groups is 1. The fourth-order valence-electron chi connectivity index (χ4n) is 1.10. The van der Waals surface area contributed by atoms with Gasteiger partial charge in [-0.3, -0.25) is 10.1 Å². The molecule has 0 spiro atoms. The van der Waals surface area contributed by atoms with E-state index in [1.165, 1.54) is 6.07 Å². The van der Waals surface area contributed by atoms with Gasteiger partial charge in [-0.2, -0.15) is 0 Å². The van der Waals surface area contributed by atoms with Crippen LogP contribution in [0.2, 0.25) is 0 Å². The van der Waals surface area contributed by atoms with Gasteiger partial charge in [0, 0.05) is 6.07 Å². The molecule has 0 saturated carbocycles. The van der Waals surface area contributed by atoms with Gasteiger partial charge in [-0.05, 0) is 34.5 Å². The van der Waals surface area contributed by atoms with Crippen LogP contribution in [0.4, 0.5) is 5.69 Å². The first-order chi connectivity index (χ1) is 6.88. The van der Waals surface area contributed by atoms with Crippen LogP contribution < -0.4 is 5.73 Å². The second-order valence-electron chi connectivity index (χ2n) is 3.50. The van der Waals surface area contributed by atoms with E-state index in [-0.39, 0.29) is 12.3 Å². The van der Waals surface area contributed by atoms with Crippen LogP contribution in [0.3, 0.4) is 0 Å². The van der Waals surface area contributed by atoms with Crippen molar-refractivity contribution in [3.8, 4) is 0 Å². The maximum Gasteiger partial charge on any atom is 0.283 e. The van der Waals surface area contributed by atoms with Crippen molar-refractivity contribution in [3.63, 3.8) is 0 Å². The van der Waals surface area contributed by atoms with E-state index in [4.69, 9.17) is 10.8 Å². The molecule has 1 rings (SSSR count). The fraction of sp³-hybridized carbons (Fsp3) is 0.333. The predicted molar refractivity (Wildman–Crippen MR) is 59.4 cm³/mol. The average molecular weight is 275 g/mol. The van der Waals surface area contributed by atoms with E-state index in [1.807, 2.05) is 0 Å². The Morgan fingerprint density at radius 1 is 1.67 bits per heavy atom. The highest BCUT2D eigenvalue weighted by atomic mass is 79.9. The molecule has 15 heavy (non-hydrogen) atoms. The molecular formula is C9H11BrN2O3. The van der Waals surface area contributed by atoms with E-state index >= 15 is 0 Å². The number of nitrogens with two attached hydrogens (primary N) is 1. The molecule has 0 aliphatic heterocycles. The third-order valence-corrected chi connectivity index (χ3v) is 2.80. The summed E-state index contributed by atoms with van der Waals surface area (Å²) in [5, 5.41) is 19.7. The minimum atomic E-state index is -0.967. The molecule has 5 nitrogen and oxygen atoms in total. The highest BCUT2D eigenvalue weighted by Gasteiger charge is 2.23. The normalized spacial score (nSPS) is 14.7. The molecule has 0 radical (unpaired) electrons. The van der Waals surface area contributed by atoms with Gasteiger partial charge < -0.3 is 10.8 Å². The lowest BCUT2D eigenvalue weighted by atomic mass is 9.94. The van der Waals surface area contributed by atoms with Crippen LogP contribution in [0.5, 0.6) is 0 Å². The number of halogens is 1. The van der Waals surface area contributed by atoms with Crippen molar-refractivity contribution in [2.45, 2.75) is 12.5 Å². The van der Waals surface area contributed by atoms with Gasteiger partial charge >= 0.3 is 0 Å². The van der Waals surface area contributed by atoms with Gasteiger partial charge in [0.25, 0.3) is 5.69 Å². The number of rotatable bonds is 3. The maximum atomic E-state index is 10.7. The van der Waals surface area contributed by atoms with E-state index < -0.39 is 10.5 Å². The Balaban J connectivity index is 3.25. The lowest BCUT2D eigenvalue weighted by molar-refractivity contribution is -0.385. The lowest BCUT2D eigenvalue weighted by Crippen LogP contribution is -2.36. The summed E-state index contributed by atoms with van der Waals surface area (Å²) < 4.78 is 0.394. The van der Waals surface area contributed by atoms with E-state index in [9.17, 15) is 10.1 Å². The highest BCUT2D eigenvalue weighted by molar-refractivity contribution is 9.10. The summed E-state index contributed by atoms with van der Waals surface area (Å²) in [5.41, 5.74) is 5.27. The minimum Gasteiger partial charge on any atom is -0.394 e. The number of hydrogen-bond donors (Lipinski definition) is 2. The van der Waals surface area contributed by atoms with Crippen LogP contribution in [0, 0.1) is 10.1 Å². The zero-order valence-corrected chi connectivity index (χ0v) is 9.69. The topological polar surface area (TPSA) is 89.4 Å². The molecule has 0 bridgehead atoms. The molecule has 0 aliphatic carbocycles. The van der Waals surface area contributed by atoms with Crippen molar-refractivity contribution in [2.24, 2.45) is 5.73 Å². The Labute approximate surface area is 95.2 Å². The number of nitrogens with zero attached hydrogens (tertiary/aromatic N) is 1. The van der Waals surface area contributed by atoms with Crippen LogP contribution in [-0.2, 0) is 5.54 Å². The van der Waals surface area contributed by atoms with Gasteiger partial charge in [0.15, 0.2) is 0 Å². The van der Waals surface area contributed by atoms with Crippen molar-refractivity contribution in [1.29, 1.82) is 0 Å². The zero-order chi connectivity index (χ0) is 11.6. The second kappa shape index (κ2) is 4.26. The lowest BCUT2D eigenvalue weighted by Gasteiger charge is -2.21. The van der Waals surface area contributed by atoms with Crippen LogP contribution in [0.25, 0.3) is 0 Å². The third-order valence-electron chi connectivity index (χ3n) is 2.13. The largest absolute Gasteiger partial charge is 0.394 e. The second-order valence-corrected chi connectivity index (χ2v) is 4.35. The van der Waals surface area contributed by atoms with Crippen molar-refractivity contribution in [1.82, 2.24) is 0 Å². The molecule has 82 valence electrons. The number of hydrogen-bond acceptors (Lipinski definition) is 4. The number of benzene rings is 1. The Morgan fingerprint density at radius 2 is 2.27 bits per heavy atom. The molecule has 1 aromatic carbocycles. The van der Waals surface area contributed by atoms with Crippen LogP contribution >= 0.6 is 15.9 Å². The number of aliphatic hydroxyl groups is 1. The zero-order valence-electron chi connectivity index (χ0n) is 8.11. The van der Waals surface area contributed by atoms with Gasteiger partial charge in [-0.15, -0.1) is 0 Å². The standard InChI is InChI=1S/C9H11BrN2O3/c1-9(11,5-13)6-2-3-7(10)8(4-6)12(14)15/h2-4,13H,5,11H2,1H3. The molecule has 0 amide bonds. The van der Waals surface area contributed by atoms with Crippen LogP contribution in [0.1, 0.15) is 12.5 Å². The summed E-state index contributed by atoms with van der Waals surface area (Å²) in [6, 6.07) is 4.56. The van der Waals surface area contributed by atoms with Gasteiger partial charge in [-0.1, -0.05) is 6.07 Å². The van der Waals surface area contributed by atoms with Crippen LogP contribution in [0.15, 0.2) is 22.7 Å². The molecular weight excluding hydrogens is 264 g/mol. The summed E-state index contributed by atoms with van der Waals surface area (Å²) in [5.74, 6) is 0. The summed E-state index contributed by atoms with van der Waals surface area (Å²) in [7, 11) is 0. The minimum absolute atomic E-state index is 0.0578. The maximum absolute atomic E-state index is 10.7. The SMILES string of the molecule is CC(N)(CO)c1ccc(Br)c([N+](=O)[O-])c1. The summed E-state index contributed by atoms with van der Waals surface area (Å²) in [4.78, 5) is 10.2. The molecule has 0 heterocycles. The monoisotopic (exact) mass is 274 g/mol. The first-order valence-corrected chi connectivity index (χ1v) is 5.02. The molecule has 0 aliphatic rings. The van der Waals surface area contributed by atoms with E-state index in [1.54, 1.807) is 19.1 Å². The molecule has 1 unspecified atom stereocenters. The summed E-state index contributed by atoms with van der Waals surface area (Å²) in [6.45, 7) is 1.34. The molecule has 1 aromatic rings. The average Bonchev–Trinajstić information content (AvgIpc) is 2.17. The molecule has 3 N–H and O–H groups in total. The molecule has 1 atom stereocenters. The summed E-state index contributed by atoms with van der Waals surface area (Å²) in [6.07, 6.45) is 0. The predicted octanol–water partition coefficient (Wildman–Crippen LogP) is 1.52. The molecule has 0 aromatic heterocycles. The van der Waals surface area contributed by atoms with Crippen molar-refractivity contribution in [3.05, 3.63) is 38.3 Å². The quantitative estimate of drug-likeness (QED) is 0.646. The van der Waals surface area contributed by atoms with E-state index in [0.29, 0.717) is 10.0 Å². The molecule has 6 heteroatoms. The smallest absolute Gasteiger partial charge is 0.283 e. The first kappa shape index (κ1) is 12.1. The van der Waals surface area contributed by atoms with Gasteiger partial charge in [0.2, 0.25) is 0 Å². The first-order valence-electron chi connectivity index (χ1n) is 4.22. The Kier molecular flexibility index (Phi) is 3.43. The van der Waals surface area contributed by atoms with Gasteiger partial charge in [0.05, 0.1) is 21.5 Å². The Bertz CT molecular complexity index is 393. The van der Waals surface area contributed by atoms with Gasteiger partial charge in [0.1, 0.15) is 0 Å². The van der Waals surface area contributed by atoms with Crippen molar-refractivity contribution < 1.29 is 10.0 Å². The van der Waals surface area contributed by atoms with Crippen molar-refractivity contribution >= 4 is 21.6 Å². The van der Waals surface area contributed by atoms with E-state index in [2.05, 4.69) is 15.9 Å². The van der Waals surface area contributed by atoms with Crippen LogP contribution in [-0.4, -0.2) is 16.6 Å². The summed E-state index contributed by atoms with van der Waals surface area (Å²) >= 11 is 3.07. The van der Waals surface area contributed by atoms with E-state index in [0.717, 1.165) is 0 Å². The molecule has 0 fully saturated rings. The Hall–Kier alpha value is -0.980. The Morgan fingerprint density at radius 3 is 2.73 bits per heavy atom. The fourth-order valence-corrected chi connectivity index (χ4v) is 1.49. The van der Waals surface area contributed by atoms with Crippen molar-refractivity contribution in [2.75, 3.05) is 6.61 Å². The van der Waals surface area contributed by atoms with Gasteiger partial charge in [-0.25, -0.2) is 0 Å². The number of aliphatic hydroxyl groups excluding tert-OH is 1.